The van der Waals surface area contributed by atoms with Crippen molar-refractivity contribution in [2.24, 2.45) is 5.14 Å². The predicted molar refractivity (Wildman–Crippen MR) is 86.1 cm³/mol. The minimum atomic E-state index is -3.76. The van der Waals surface area contributed by atoms with Crippen molar-refractivity contribution in [3.05, 3.63) is 29.8 Å². The van der Waals surface area contributed by atoms with E-state index in [1.807, 2.05) is 0 Å². The lowest BCUT2D eigenvalue weighted by atomic mass is 10.1. The summed E-state index contributed by atoms with van der Waals surface area (Å²) in [5, 5.41) is 8.03. The number of nitrogens with two attached hydrogens (primary N) is 1. The number of amides is 1. The molecule has 0 aromatic heterocycles. The highest BCUT2D eigenvalue weighted by Gasteiger charge is 2.34. The zero-order valence-corrected chi connectivity index (χ0v) is 14.0. The topological polar surface area (TPSA) is 111 Å². The summed E-state index contributed by atoms with van der Waals surface area (Å²) < 4.78 is 33.4. The van der Waals surface area contributed by atoms with E-state index in [0.29, 0.717) is 32.0 Å². The third-order valence-corrected chi connectivity index (χ3v) is 5.26. The van der Waals surface area contributed by atoms with E-state index in [1.54, 1.807) is 0 Å². The molecule has 1 aromatic carbocycles. The van der Waals surface area contributed by atoms with E-state index in [1.165, 1.54) is 24.3 Å². The molecular formula is C15H21N3O5S. The van der Waals surface area contributed by atoms with E-state index >= 15 is 0 Å². The van der Waals surface area contributed by atoms with E-state index in [-0.39, 0.29) is 22.9 Å². The number of rotatable bonds is 4. The second-order valence-corrected chi connectivity index (χ2v) is 7.46. The maximum absolute atomic E-state index is 12.4. The fourth-order valence-electron chi connectivity index (χ4n) is 3.00. The molecule has 3 N–H and O–H groups in total. The summed E-state index contributed by atoms with van der Waals surface area (Å²) in [6, 6.07) is 5.59. The first kappa shape index (κ1) is 17.3. The number of hydrogen-bond donors (Lipinski definition) is 2. The number of nitrogens with one attached hydrogen (secondary N) is 1. The van der Waals surface area contributed by atoms with Gasteiger partial charge < -0.3 is 14.8 Å². The molecule has 2 atom stereocenters. The van der Waals surface area contributed by atoms with Crippen molar-refractivity contribution in [3.63, 3.8) is 0 Å². The molecule has 0 aliphatic carbocycles. The first-order valence-corrected chi connectivity index (χ1v) is 9.33. The quantitative estimate of drug-likeness (QED) is 0.729. The van der Waals surface area contributed by atoms with Crippen molar-refractivity contribution < 1.29 is 22.7 Å². The van der Waals surface area contributed by atoms with Crippen LogP contribution in [0.4, 0.5) is 0 Å². The molecule has 2 fully saturated rings. The van der Waals surface area contributed by atoms with Gasteiger partial charge in [-0.15, -0.1) is 0 Å². The summed E-state index contributed by atoms with van der Waals surface area (Å²) in [5.41, 5.74) is 0.384. The highest BCUT2D eigenvalue weighted by Crippen LogP contribution is 2.16. The Bertz CT molecular complexity index is 686. The molecule has 2 aliphatic rings. The summed E-state index contributed by atoms with van der Waals surface area (Å²) in [6.45, 7) is 4.06. The fraction of sp³-hybridized carbons (Fsp3) is 0.533. The molecule has 0 saturated carbocycles. The van der Waals surface area contributed by atoms with Crippen LogP contribution in [0.1, 0.15) is 10.4 Å². The molecular weight excluding hydrogens is 334 g/mol. The van der Waals surface area contributed by atoms with Crippen LogP contribution in [0, 0.1) is 0 Å². The van der Waals surface area contributed by atoms with E-state index in [0.717, 1.165) is 13.1 Å². The minimum Gasteiger partial charge on any atom is -0.379 e. The third kappa shape index (κ3) is 3.93. The Morgan fingerprint density at radius 3 is 2.42 bits per heavy atom. The van der Waals surface area contributed by atoms with Gasteiger partial charge in [0.25, 0.3) is 5.91 Å². The molecule has 3 rings (SSSR count). The number of carbonyl (C=O) groups is 1. The molecule has 8 nitrogen and oxygen atoms in total. The normalized spacial score (nSPS) is 25.5. The predicted octanol–water partition coefficient (Wildman–Crippen LogP) is -0.837. The SMILES string of the molecule is NS(=O)(=O)c1ccc(C(=O)N[C@@H]2COC[C@H]2N2CCOCC2)cc1. The molecule has 24 heavy (non-hydrogen) atoms. The minimum absolute atomic E-state index is 0.0190. The Hall–Kier alpha value is -1.52. The molecule has 2 saturated heterocycles. The molecule has 0 bridgehead atoms. The molecule has 9 heteroatoms. The van der Waals surface area contributed by atoms with Gasteiger partial charge in [-0.25, -0.2) is 13.6 Å². The average molecular weight is 355 g/mol. The number of ether oxygens (including phenoxy) is 2. The van der Waals surface area contributed by atoms with Crippen molar-refractivity contribution in [3.8, 4) is 0 Å². The number of sulfonamides is 1. The Kier molecular flexibility index (Phi) is 5.16. The van der Waals surface area contributed by atoms with Crippen LogP contribution in [0.15, 0.2) is 29.2 Å². The maximum atomic E-state index is 12.4. The highest BCUT2D eigenvalue weighted by atomic mass is 32.2. The second-order valence-electron chi connectivity index (χ2n) is 5.90. The number of morpholine rings is 1. The van der Waals surface area contributed by atoms with Crippen LogP contribution in [0.2, 0.25) is 0 Å². The highest BCUT2D eigenvalue weighted by molar-refractivity contribution is 7.89. The van der Waals surface area contributed by atoms with Gasteiger partial charge in [-0.3, -0.25) is 9.69 Å². The average Bonchev–Trinajstić information content (AvgIpc) is 3.03. The van der Waals surface area contributed by atoms with E-state index in [2.05, 4.69) is 10.2 Å². The number of hydrogen-bond acceptors (Lipinski definition) is 6. The third-order valence-electron chi connectivity index (χ3n) is 4.33. The van der Waals surface area contributed by atoms with Crippen molar-refractivity contribution in [2.75, 3.05) is 39.5 Å². The first-order chi connectivity index (χ1) is 11.4. The Morgan fingerprint density at radius 2 is 1.79 bits per heavy atom. The first-order valence-electron chi connectivity index (χ1n) is 7.78. The fourth-order valence-corrected chi connectivity index (χ4v) is 3.51. The largest absolute Gasteiger partial charge is 0.379 e. The Labute approximate surface area is 141 Å². The second kappa shape index (κ2) is 7.16. The molecule has 0 unspecified atom stereocenters. The van der Waals surface area contributed by atoms with Crippen molar-refractivity contribution in [1.82, 2.24) is 10.2 Å². The molecule has 132 valence electrons. The zero-order chi connectivity index (χ0) is 17.2. The van der Waals surface area contributed by atoms with Gasteiger partial charge in [0.05, 0.1) is 43.4 Å². The lowest BCUT2D eigenvalue weighted by Crippen LogP contribution is -2.54. The van der Waals surface area contributed by atoms with E-state index in [4.69, 9.17) is 14.6 Å². The van der Waals surface area contributed by atoms with Gasteiger partial charge in [-0.05, 0) is 24.3 Å². The van der Waals surface area contributed by atoms with Crippen molar-refractivity contribution in [1.29, 1.82) is 0 Å². The number of benzene rings is 1. The smallest absolute Gasteiger partial charge is 0.251 e. The van der Waals surface area contributed by atoms with Crippen LogP contribution in [-0.4, -0.2) is 70.8 Å². The standard InChI is InChI=1S/C15H21N3O5S/c16-24(20,21)12-3-1-11(2-4-12)15(19)17-13-9-23-10-14(13)18-5-7-22-8-6-18/h1-4,13-14H,5-10H2,(H,17,19)(H2,16,20,21)/t13-,14-/m1/s1. The maximum Gasteiger partial charge on any atom is 0.251 e. The van der Waals surface area contributed by atoms with Gasteiger partial charge in [0.1, 0.15) is 0 Å². The molecule has 1 amide bonds. The van der Waals surface area contributed by atoms with Crippen LogP contribution in [0.25, 0.3) is 0 Å². The van der Waals surface area contributed by atoms with Gasteiger partial charge >= 0.3 is 0 Å². The lowest BCUT2D eigenvalue weighted by Gasteiger charge is -2.34. The number of primary sulfonamides is 1. The van der Waals surface area contributed by atoms with Gasteiger partial charge in [-0.1, -0.05) is 0 Å². The van der Waals surface area contributed by atoms with E-state index in [9.17, 15) is 13.2 Å². The summed E-state index contributed by atoms with van der Waals surface area (Å²) >= 11 is 0. The summed E-state index contributed by atoms with van der Waals surface area (Å²) in [6.07, 6.45) is 0. The number of carbonyl (C=O) groups excluding carboxylic acids is 1. The van der Waals surface area contributed by atoms with Crippen LogP contribution in [0.5, 0.6) is 0 Å². The van der Waals surface area contributed by atoms with Crippen molar-refractivity contribution >= 4 is 15.9 Å². The molecule has 2 heterocycles. The summed E-state index contributed by atoms with van der Waals surface area (Å²) in [5.74, 6) is -0.260. The summed E-state index contributed by atoms with van der Waals surface area (Å²) in [7, 11) is -3.76. The lowest BCUT2D eigenvalue weighted by molar-refractivity contribution is 0.0108. The Balaban J connectivity index is 1.65. The zero-order valence-electron chi connectivity index (χ0n) is 13.2. The van der Waals surface area contributed by atoms with Crippen LogP contribution >= 0.6 is 0 Å². The Morgan fingerprint density at radius 1 is 1.12 bits per heavy atom. The van der Waals surface area contributed by atoms with Crippen LogP contribution < -0.4 is 10.5 Å². The van der Waals surface area contributed by atoms with Crippen molar-refractivity contribution in [2.45, 2.75) is 17.0 Å². The van der Waals surface area contributed by atoms with Gasteiger partial charge in [0.15, 0.2) is 0 Å². The summed E-state index contributed by atoms with van der Waals surface area (Å²) in [4.78, 5) is 14.6. The van der Waals surface area contributed by atoms with Crippen LogP contribution in [-0.2, 0) is 19.5 Å². The molecule has 2 aliphatic heterocycles. The monoisotopic (exact) mass is 355 g/mol. The molecule has 0 spiro atoms. The van der Waals surface area contributed by atoms with Gasteiger partial charge in [-0.2, -0.15) is 0 Å². The molecule has 1 aromatic rings. The molecule has 0 radical (unpaired) electrons. The van der Waals surface area contributed by atoms with Crippen LogP contribution in [0.3, 0.4) is 0 Å². The van der Waals surface area contributed by atoms with E-state index < -0.39 is 10.0 Å². The van der Waals surface area contributed by atoms with Gasteiger partial charge in [0.2, 0.25) is 10.0 Å². The number of nitrogens with zero attached hydrogens (tertiary/aromatic N) is 1. The van der Waals surface area contributed by atoms with Gasteiger partial charge in [0, 0.05) is 18.7 Å².